The highest BCUT2D eigenvalue weighted by Crippen LogP contribution is 2.31. The zero-order valence-corrected chi connectivity index (χ0v) is 18.2. The highest BCUT2D eigenvalue weighted by atomic mass is 19.4. The van der Waals surface area contributed by atoms with Crippen molar-refractivity contribution < 1.29 is 27.6 Å². The minimum atomic E-state index is -4.65. The SMILES string of the molecule is Cc1ccc(CNC[C@H](NC(=O)CNC(=O)c2cc(C(F)(F)F)ccc2N)C(N)=O)c(C)c1. The molecular formula is C22H26F3N5O3. The number of primary amides is 1. The lowest BCUT2D eigenvalue weighted by atomic mass is 10.1. The van der Waals surface area contributed by atoms with Crippen LogP contribution >= 0.6 is 0 Å². The lowest BCUT2D eigenvalue weighted by Gasteiger charge is -2.17. The van der Waals surface area contributed by atoms with Gasteiger partial charge in [0.2, 0.25) is 11.8 Å². The molecule has 0 radical (unpaired) electrons. The molecule has 33 heavy (non-hydrogen) atoms. The van der Waals surface area contributed by atoms with Gasteiger partial charge in [-0.25, -0.2) is 0 Å². The molecule has 8 nitrogen and oxygen atoms in total. The summed E-state index contributed by atoms with van der Waals surface area (Å²) in [5.74, 6) is -2.49. The van der Waals surface area contributed by atoms with E-state index in [9.17, 15) is 27.6 Å². The maximum atomic E-state index is 12.9. The number of carbonyl (C=O) groups excluding carboxylic acids is 3. The molecular weight excluding hydrogens is 439 g/mol. The van der Waals surface area contributed by atoms with E-state index in [1.54, 1.807) is 0 Å². The average Bonchev–Trinajstić information content (AvgIpc) is 2.72. The standard InChI is InChI=1S/C22H26F3N5O3/c1-12-3-4-14(13(2)7-12)9-28-10-18(20(27)32)30-19(31)11-29-21(33)16-8-15(22(23,24)25)5-6-17(16)26/h3-8,18,28H,9-11,26H2,1-2H3,(H2,27,32)(H,29,33)(H,30,31)/t18-/m0/s1. The first-order valence-electron chi connectivity index (χ1n) is 9.99. The van der Waals surface area contributed by atoms with Crippen LogP contribution in [0.4, 0.5) is 18.9 Å². The van der Waals surface area contributed by atoms with Crippen LogP contribution in [0.25, 0.3) is 0 Å². The summed E-state index contributed by atoms with van der Waals surface area (Å²) in [6.45, 7) is 3.83. The zero-order valence-electron chi connectivity index (χ0n) is 18.2. The number of anilines is 1. The molecule has 0 aliphatic carbocycles. The van der Waals surface area contributed by atoms with Gasteiger partial charge in [-0.05, 0) is 43.2 Å². The zero-order chi connectivity index (χ0) is 24.8. The van der Waals surface area contributed by atoms with E-state index in [1.165, 1.54) is 0 Å². The second-order valence-electron chi connectivity index (χ2n) is 7.57. The van der Waals surface area contributed by atoms with Crippen molar-refractivity contribution in [3.63, 3.8) is 0 Å². The Balaban J connectivity index is 1.90. The van der Waals surface area contributed by atoms with Crippen molar-refractivity contribution in [2.75, 3.05) is 18.8 Å². The molecule has 1 atom stereocenters. The number of benzene rings is 2. The number of alkyl halides is 3. The molecule has 0 unspecified atom stereocenters. The summed E-state index contributed by atoms with van der Waals surface area (Å²) >= 11 is 0. The number of nitrogen functional groups attached to an aromatic ring is 1. The molecule has 0 spiro atoms. The summed E-state index contributed by atoms with van der Waals surface area (Å²) in [7, 11) is 0. The lowest BCUT2D eigenvalue weighted by molar-refractivity contribution is -0.137. The van der Waals surface area contributed by atoms with Crippen molar-refractivity contribution in [2.45, 2.75) is 32.6 Å². The minimum absolute atomic E-state index is 0.0446. The van der Waals surface area contributed by atoms with Crippen LogP contribution in [0, 0.1) is 13.8 Å². The smallest absolute Gasteiger partial charge is 0.398 e. The number of aryl methyl sites for hydroxylation is 2. The number of carbonyl (C=O) groups is 3. The highest BCUT2D eigenvalue weighted by Gasteiger charge is 2.31. The van der Waals surface area contributed by atoms with Gasteiger partial charge < -0.3 is 27.4 Å². The lowest BCUT2D eigenvalue weighted by Crippen LogP contribution is -2.52. The molecule has 2 aromatic carbocycles. The maximum absolute atomic E-state index is 12.9. The van der Waals surface area contributed by atoms with Crippen LogP contribution in [0.15, 0.2) is 36.4 Å². The van der Waals surface area contributed by atoms with E-state index >= 15 is 0 Å². The van der Waals surface area contributed by atoms with Gasteiger partial charge in [0, 0.05) is 18.8 Å². The first-order chi connectivity index (χ1) is 15.4. The van der Waals surface area contributed by atoms with Gasteiger partial charge in [0.1, 0.15) is 6.04 Å². The van der Waals surface area contributed by atoms with Crippen LogP contribution in [0.2, 0.25) is 0 Å². The molecule has 2 aromatic rings. The molecule has 0 saturated heterocycles. The number of amides is 3. The predicted octanol–water partition coefficient (Wildman–Crippen LogP) is 1.39. The Labute approximate surface area is 188 Å². The summed E-state index contributed by atoms with van der Waals surface area (Å²) in [5, 5.41) is 7.61. The third-order valence-corrected chi connectivity index (χ3v) is 4.88. The van der Waals surface area contributed by atoms with E-state index in [-0.39, 0.29) is 12.2 Å². The second-order valence-corrected chi connectivity index (χ2v) is 7.57. The highest BCUT2D eigenvalue weighted by molar-refractivity contribution is 6.01. The van der Waals surface area contributed by atoms with Gasteiger partial charge in [0.25, 0.3) is 5.91 Å². The van der Waals surface area contributed by atoms with Gasteiger partial charge in [-0.1, -0.05) is 23.8 Å². The monoisotopic (exact) mass is 465 g/mol. The Morgan fingerprint density at radius 1 is 1.06 bits per heavy atom. The summed E-state index contributed by atoms with van der Waals surface area (Å²) in [4.78, 5) is 36.0. The van der Waals surface area contributed by atoms with Crippen LogP contribution in [-0.2, 0) is 22.3 Å². The molecule has 2 rings (SSSR count). The molecule has 0 aliphatic heterocycles. The van der Waals surface area contributed by atoms with Gasteiger partial charge in [-0.15, -0.1) is 0 Å². The van der Waals surface area contributed by atoms with E-state index in [4.69, 9.17) is 11.5 Å². The van der Waals surface area contributed by atoms with Crippen molar-refractivity contribution in [2.24, 2.45) is 5.73 Å². The van der Waals surface area contributed by atoms with Gasteiger partial charge in [0.05, 0.1) is 17.7 Å². The first-order valence-corrected chi connectivity index (χ1v) is 9.99. The van der Waals surface area contributed by atoms with E-state index in [2.05, 4.69) is 16.0 Å². The second kappa shape index (κ2) is 10.8. The third-order valence-electron chi connectivity index (χ3n) is 4.88. The maximum Gasteiger partial charge on any atom is 0.416 e. The molecule has 11 heteroatoms. The quantitative estimate of drug-likeness (QED) is 0.356. The average molecular weight is 465 g/mol. The Hall–Kier alpha value is -3.60. The van der Waals surface area contributed by atoms with Crippen molar-refractivity contribution in [3.05, 3.63) is 64.2 Å². The van der Waals surface area contributed by atoms with E-state index in [0.717, 1.165) is 28.8 Å². The molecule has 0 heterocycles. The van der Waals surface area contributed by atoms with Crippen LogP contribution in [-0.4, -0.2) is 36.9 Å². The van der Waals surface area contributed by atoms with Crippen molar-refractivity contribution in [1.82, 2.24) is 16.0 Å². The van der Waals surface area contributed by atoms with E-state index in [1.807, 2.05) is 32.0 Å². The number of rotatable bonds is 9. The minimum Gasteiger partial charge on any atom is -0.398 e. The van der Waals surface area contributed by atoms with Gasteiger partial charge in [0.15, 0.2) is 0 Å². The molecule has 7 N–H and O–H groups in total. The van der Waals surface area contributed by atoms with E-state index < -0.39 is 47.6 Å². The van der Waals surface area contributed by atoms with Crippen LogP contribution in [0.1, 0.15) is 32.6 Å². The molecule has 0 fully saturated rings. The van der Waals surface area contributed by atoms with Crippen molar-refractivity contribution >= 4 is 23.4 Å². The van der Waals surface area contributed by atoms with Crippen molar-refractivity contribution in [1.29, 1.82) is 0 Å². The fourth-order valence-corrected chi connectivity index (χ4v) is 3.05. The number of hydrogen-bond acceptors (Lipinski definition) is 5. The Morgan fingerprint density at radius 2 is 1.76 bits per heavy atom. The van der Waals surface area contributed by atoms with Gasteiger partial charge in [-0.2, -0.15) is 13.2 Å². The largest absolute Gasteiger partial charge is 0.416 e. The molecule has 0 aliphatic rings. The van der Waals surface area contributed by atoms with Crippen LogP contribution in [0.3, 0.4) is 0 Å². The van der Waals surface area contributed by atoms with Crippen molar-refractivity contribution in [3.8, 4) is 0 Å². The summed E-state index contributed by atoms with van der Waals surface area (Å²) in [5.41, 5.74) is 12.5. The summed E-state index contributed by atoms with van der Waals surface area (Å²) in [6.07, 6.45) is -4.65. The Kier molecular flexibility index (Phi) is 8.41. The molecule has 3 amide bonds. The van der Waals surface area contributed by atoms with E-state index in [0.29, 0.717) is 12.6 Å². The predicted molar refractivity (Wildman–Crippen MR) is 117 cm³/mol. The first kappa shape index (κ1) is 25.7. The fraction of sp³-hybridized carbons (Fsp3) is 0.318. The third kappa shape index (κ3) is 7.49. The summed E-state index contributed by atoms with van der Waals surface area (Å²) < 4.78 is 38.6. The topological polar surface area (TPSA) is 139 Å². The Bertz CT molecular complexity index is 1040. The summed E-state index contributed by atoms with van der Waals surface area (Å²) in [6, 6.07) is 7.18. The molecule has 0 aromatic heterocycles. The Morgan fingerprint density at radius 3 is 2.36 bits per heavy atom. The molecule has 178 valence electrons. The van der Waals surface area contributed by atoms with Gasteiger partial charge in [-0.3, -0.25) is 14.4 Å². The normalized spacial score (nSPS) is 12.2. The fourth-order valence-electron chi connectivity index (χ4n) is 3.05. The number of hydrogen-bond donors (Lipinski definition) is 5. The molecule has 0 bridgehead atoms. The van der Waals surface area contributed by atoms with Crippen LogP contribution < -0.4 is 27.4 Å². The number of nitrogens with one attached hydrogen (secondary N) is 3. The number of nitrogens with two attached hydrogens (primary N) is 2. The number of halogens is 3. The van der Waals surface area contributed by atoms with Gasteiger partial charge >= 0.3 is 6.18 Å². The van der Waals surface area contributed by atoms with Crippen LogP contribution in [0.5, 0.6) is 0 Å². The molecule has 0 saturated carbocycles.